The highest BCUT2D eigenvalue weighted by Gasteiger charge is 2.23. The molecule has 3 heteroatoms. The van der Waals surface area contributed by atoms with Gasteiger partial charge in [-0.1, -0.05) is 44.9 Å². The lowest BCUT2D eigenvalue weighted by atomic mass is 10.00. The number of aliphatic hydroxyl groups excluding tert-OH is 1. The Balaban J connectivity index is 2.08. The lowest BCUT2D eigenvalue weighted by Crippen LogP contribution is -2.23. The number of fused-ring (bicyclic) bond motifs is 1. The summed E-state index contributed by atoms with van der Waals surface area (Å²) < 4.78 is 0. The molecule has 2 rings (SSSR count). The van der Waals surface area contributed by atoms with Crippen LogP contribution in [0.5, 0.6) is 0 Å². The third-order valence-corrected chi connectivity index (χ3v) is 3.82. The van der Waals surface area contributed by atoms with Crippen LogP contribution in [0.25, 0.3) is 0 Å². The third kappa shape index (κ3) is 3.16. The maximum absolute atomic E-state index is 11.7. The Morgan fingerprint density at radius 2 is 2.05 bits per heavy atom. The lowest BCUT2D eigenvalue weighted by molar-refractivity contribution is -0.131. The minimum absolute atomic E-state index is 0.198. The zero-order valence-electron chi connectivity index (χ0n) is 11.9. The van der Waals surface area contributed by atoms with Gasteiger partial charge in [0.2, 0.25) is 5.91 Å². The van der Waals surface area contributed by atoms with Crippen LogP contribution in [0.3, 0.4) is 0 Å². The fourth-order valence-corrected chi connectivity index (χ4v) is 2.59. The van der Waals surface area contributed by atoms with Gasteiger partial charge in [-0.3, -0.25) is 4.79 Å². The van der Waals surface area contributed by atoms with E-state index in [1.54, 1.807) is 0 Å². The number of aliphatic hydroxyl groups is 1. The van der Waals surface area contributed by atoms with Crippen molar-refractivity contribution in [1.82, 2.24) is 4.90 Å². The van der Waals surface area contributed by atoms with E-state index >= 15 is 0 Å². The first-order chi connectivity index (χ1) is 9.15. The summed E-state index contributed by atoms with van der Waals surface area (Å²) in [5, 5.41) is 10.1. The number of unbranched alkanes of at least 4 members (excludes halogenated alkanes) is 1. The van der Waals surface area contributed by atoms with E-state index < -0.39 is 0 Å². The molecule has 1 aromatic rings. The van der Waals surface area contributed by atoms with Crippen LogP contribution in [0.15, 0.2) is 18.2 Å². The van der Waals surface area contributed by atoms with Gasteiger partial charge in [0.1, 0.15) is 0 Å². The van der Waals surface area contributed by atoms with Crippen LogP contribution < -0.4 is 0 Å². The monoisotopic (exact) mass is 261 g/mol. The first-order valence-electron chi connectivity index (χ1n) is 7.23. The highest BCUT2D eigenvalue weighted by Crippen LogP contribution is 2.28. The van der Waals surface area contributed by atoms with Crippen LogP contribution in [-0.2, 0) is 17.9 Å². The Labute approximate surface area is 115 Å². The molecular formula is C16H23NO2. The maximum atomic E-state index is 11.7. The van der Waals surface area contributed by atoms with Crippen molar-refractivity contribution in [2.24, 2.45) is 0 Å². The van der Waals surface area contributed by atoms with E-state index in [1.165, 1.54) is 11.1 Å². The number of carbonyl (C=O) groups excluding carboxylic acids is 1. The van der Waals surface area contributed by atoms with Crippen LogP contribution in [0.2, 0.25) is 0 Å². The summed E-state index contributed by atoms with van der Waals surface area (Å²) in [5.41, 5.74) is 3.39. The fraction of sp³-hybridized carbons (Fsp3) is 0.562. The average molecular weight is 261 g/mol. The molecule has 0 saturated carbocycles. The molecule has 1 aromatic carbocycles. The van der Waals surface area contributed by atoms with Crippen molar-refractivity contribution in [3.05, 3.63) is 34.9 Å². The van der Waals surface area contributed by atoms with E-state index in [9.17, 15) is 9.90 Å². The maximum Gasteiger partial charge on any atom is 0.222 e. The Bertz CT molecular complexity index is 456. The Kier molecular flexibility index (Phi) is 4.59. The molecule has 0 aromatic heterocycles. The average Bonchev–Trinajstić information content (AvgIpc) is 2.86. The molecule has 3 nitrogen and oxygen atoms in total. The smallest absolute Gasteiger partial charge is 0.222 e. The second-order valence-electron chi connectivity index (χ2n) is 5.29. The van der Waals surface area contributed by atoms with Gasteiger partial charge in [-0.25, -0.2) is 0 Å². The minimum Gasteiger partial charge on any atom is -0.388 e. The normalized spacial score (nSPS) is 15.4. The van der Waals surface area contributed by atoms with E-state index in [0.717, 1.165) is 24.8 Å². The predicted molar refractivity (Wildman–Crippen MR) is 75.5 cm³/mol. The largest absolute Gasteiger partial charge is 0.388 e. The van der Waals surface area contributed by atoms with Crippen molar-refractivity contribution in [2.45, 2.75) is 58.7 Å². The standard InChI is InChI=1S/C16H23NO2/c1-3-5-6-15(18)12-7-8-13-10-17(16(19)4-2)11-14(13)9-12/h7-9,15,18H,3-6,10-11H2,1-2H3. The molecule has 0 fully saturated rings. The molecule has 19 heavy (non-hydrogen) atoms. The molecular weight excluding hydrogens is 238 g/mol. The van der Waals surface area contributed by atoms with Gasteiger partial charge in [0.05, 0.1) is 6.10 Å². The number of hydrogen-bond donors (Lipinski definition) is 1. The number of benzene rings is 1. The highest BCUT2D eigenvalue weighted by atomic mass is 16.3. The van der Waals surface area contributed by atoms with Gasteiger partial charge in [-0.2, -0.15) is 0 Å². The van der Waals surface area contributed by atoms with Crippen molar-refractivity contribution >= 4 is 5.91 Å². The highest BCUT2D eigenvalue weighted by molar-refractivity contribution is 5.76. The second-order valence-corrected chi connectivity index (χ2v) is 5.29. The van der Waals surface area contributed by atoms with Gasteiger partial charge in [-0.15, -0.1) is 0 Å². The summed E-state index contributed by atoms with van der Waals surface area (Å²) in [6, 6.07) is 6.13. The van der Waals surface area contributed by atoms with E-state index in [1.807, 2.05) is 17.9 Å². The van der Waals surface area contributed by atoms with Crippen LogP contribution in [-0.4, -0.2) is 15.9 Å². The summed E-state index contributed by atoms with van der Waals surface area (Å²) in [5.74, 6) is 0.198. The van der Waals surface area contributed by atoms with Crippen LogP contribution in [0.1, 0.15) is 62.3 Å². The SMILES string of the molecule is CCCCC(O)c1ccc2c(c1)CN(C(=O)CC)C2. The number of amides is 1. The van der Waals surface area contributed by atoms with Crippen molar-refractivity contribution < 1.29 is 9.90 Å². The third-order valence-electron chi connectivity index (χ3n) is 3.82. The molecule has 0 aliphatic carbocycles. The van der Waals surface area contributed by atoms with Crippen molar-refractivity contribution in [2.75, 3.05) is 0 Å². The van der Waals surface area contributed by atoms with Gasteiger partial charge < -0.3 is 10.0 Å². The molecule has 0 saturated heterocycles. The summed E-state index contributed by atoms with van der Waals surface area (Å²) in [7, 11) is 0. The lowest BCUT2D eigenvalue weighted by Gasteiger charge is -2.13. The van der Waals surface area contributed by atoms with E-state index in [2.05, 4.69) is 19.1 Å². The quantitative estimate of drug-likeness (QED) is 0.884. The number of rotatable bonds is 5. The molecule has 1 aliphatic rings. The molecule has 1 N–H and O–H groups in total. The zero-order valence-corrected chi connectivity index (χ0v) is 11.9. The molecule has 0 bridgehead atoms. The summed E-state index contributed by atoms with van der Waals surface area (Å²) in [6.45, 7) is 5.43. The van der Waals surface area contributed by atoms with Crippen molar-refractivity contribution in [3.63, 3.8) is 0 Å². The van der Waals surface area contributed by atoms with E-state index in [-0.39, 0.29) is 12.0 Å². The van der Waals surface area contributed by atoms with Gasteiger partial charge in [0.15, 0.2) is 0 Å². The number of carbonyl (C=O) groups is 1. The fourth-order valence-electron chi connectivity index (χ4n) is 2.59. The predicted octanol–water partition coefficient (Wildman–Crippen LogP) is 3.16. The summed E-state index contributed by atoms with van der Waals surface area (Å²) in [4.78, 5) is 13.6. The molecule has 1 atom stereocenters. The molecule has 104 valence electrons. The van der Waals surface area contributed by atoms with Crippen LogP contribution >= 0.6 is 0 Å². The first-order valence-corrected chi connectivity index (χ1v) is 7.23. The van der Waals surface area contributed by atoms with Gasteiger partial charge >= 0.3 is 0 Å². The number of hydrogen-bond acceptors (Lipinski definition) is 2. The summed E-state index contributed by atoms with van der Waals surface area (Å²) in [6.07, 6.45) is 3.13. The Hall–Kier alpha value is -1.35. The Morgan fingerprint density at radius 3 is 2.74 bits per heavy atom. The molecule has 1 heterocycles. The molecule has 0 spiro atoms. The van der Waals surface area contributed by atoms with Crippen LogP contribution in [0, 0.1) is 0 Å². The van der Waals surface area contributed by atoms with Gasteiger partial charge in [0.25, 0.3) is 0 Å². The minimum atomic E-state index is -0.374. The first kappa shape index (κ1) is 14.1. The second kappa shape index (κ2) is 6.20. The molecule has 1 aliphatic heterocycles. The molecule has 1 amide bonds. The molecule has 1 unspecified atom stereocenters. The van der Waals surface area contributed by atoms with Crippen LogP contribution in [0.4, 0.5) is 0 Å². The van der Waals surface area contributed by atoms with Crippen molar-refractivity contribution in [3.8, 4) is 0 Å². The van der Waals surface area contributed by atoms with E-state index in [0.29, 0.717) is 19.5 Å². The van der Waals surface area contributed by atoms with Gasteiger partial charge in [0, 0.05) is 19.5 Å². The topological polar surface area (TPSA) is 40.5 Å². The zero-order chi connectivity index (χ0) is 13.8. The number of nitrogens with zero attached hydrogens (tertiary/aromatic N) is 1. The van der Waals surface area contributed by atoms with Crippen molar-refractivity contribution in [1.29, 1.82) is 0 Å². The van der Waals surface area contributed by atoms with Gasteiger partial charge in [-0.05, 0) is 23.1 Å². The van der Waals surface area contributed by atoms with E-state index in [4.69, 9.17) is 0 Å². The molecule has 0 radical (unpaired) electrons. The Morgan fingerprint density at radius 1 is 1.32 bits per heavy atom. The summed E-state index contributed by atoms with van der Waals surface area (Å²) >= 11 is 0.